The molecule has 124 valence electrons. The highest BCUT2D eigenvalue weighted by Gasteiger charge is 2.02. The first-order chi connectivity index (χ1) is 10.7. The lowest BCUT2D eigenvalue weighted by Crippen LogP contribution is -2.26. The number of halogens is 1. The highest BCUT2D eigenvalue weighted by molar-refractivity contribution is 5.85. The maximum atomic E-state index is 11.8. The molecule has 23 heavy (non-hydrogen) atoms. The summed E-state index contributed by atoms with van der Waals surface area (Å²) in [5, 5.41) is 2.97. The lowest BCUT2D eigenvalue weighted by molar-refractivity contribution is -0.120. The SMILES string of the molecule is Cl.Nc1ccc(CC(=O)NCCCCCc2ccccc2)cc1. The third-order valence-corrected chi connectivity index (χ3v) is 3.65. The van der Waals surface area contributed by atoms with Gasteiger partial charge in [-0.15, -0.1) is 12.4 Å². The predicted molar refractivity (Wildman–Crippen MR) is 98.8 cm³/mol. The summed E-state index contributed by atoms with van der Waals surface area (Å²) in [7, 11) is 0. The first-order valence-corrected chi connectivity index (χ1v) is 7.89. The zero-order chi connectivity index (χ0) is 15.6. The van der Waals surface area contributed by atoms with Crippen LogP contribution in [0.15, 0.2) is 54.6 Å². The van der Waals surface area contributed by atoms with E-state index in [2.05, 4.69) is 29.6 Å². The Balaban J connectivity index is 0.00000264. The average Bonchev–Trinajstić information content (AvgIpc) is 2.54. The average molecular weight is 333 g/mol. The monoisotopic (exact) mass is 332 g/mol. The van der Waals surface area contributed by atoms with Crippen molar-refractivity contribution >= 4 is 24.0 Å². The number of hydrogen-bond donors (Lipinski definition) is 2. The zero-order valence-electron chi connectivity index (χ0n) is 13.3. The smallest absolute Gasteiger partial charge is 0.224 e. The minimum Gasteiger partial charge on any atom is -0.399 e. The molecule has 0 aromatic heterocycles. The van der Waals surface area contributed by atoms with Crippen LogP contribution in [0.2, 0.25) is 0 Å². The number of nitrogens with two attached hydrogens (primary N) is 1. The number of hydrogen-bond acceptors (Lipinski definition) is 2. The molecule has 0 atom stereocenters. The first-order valence-electron chi connectivity index (χ1n) is 7.89. The van der Waals surface area contributed by atoms with Gasteiger partial charge >= 0.3 is 0 Å². The van der Waals surface area contributed by atoms with Gasteiger partial charge in [-0.05, 0) is 42.5 Å². The summed E-state index contributed by atoms with van der Waals surface area (Å²) in [6.07, 6.45) is 4.86. The van der Waals surface area contributed by atoms with Gasteiger partial charge in [-0.3, -0.25) is 4.79 Å². The second-order valence-corrected chi connectivity index (χ2v) is 5.56. The summed E-state index contributed by atoms with van der Waals surface area (Å²) in [4.78, 5) is 11.8. The van der Waals surface area contributed by atoms with E-state index in [-0.39, 0.29) is 18.3 Å². The maximum Gasteiger partial charge on any atom is 0.224 e. The van der Waals surface area contributed by atoms with Crippen molar-refractivity contribution in [3.8, 4) is 0 Å². The highest BCUT2D eigenvalue weighted by Crippen LogP contribution is 2.07. The van der Waals surface area contributed by atoms with Crippen LogP contribution < -0.4 is 11.1 Å². The van der Waals surface area contributed by atoms with Gasteiger partial charge in [0.2, 0.25) is 5.91 Å². The Morgan fingerprint density at radius 3 is 2.26 bits per heavy atom. The van der Waals surface area contributed by atoms with Crippen molar-refractivity contribution in [2.45, 2.75) is 32.1 Å². The molecule has 3 nitrogen and oxygen atoms in total. The normalized spacial score (nSPS) is 9.91. The number of carbonyl (C=O) groups excluding carboxylic acids is 1. The largest absolute Gasteiger partial charge is 0.399 e. The summed E-state index contributed by atoms with van der Waals surface area (Å²) in [6, 6.07) is 18.0. The van der Waals surface area contributed by atoms with E-state index in [9.17, 15) is 4.79 Å². The van der Waals surface area contributed by atoms with Crippen molar-refractivity contribution in [1.29, 1.82) is 0 Å². The molecule has 1 amide bonds. The molecule has 4 heteroatoms. The van der Waals surface area contributed by atoms with E-state index in [0.717, 1.165) is 43.5 Å². The highest BCUT2D eigenvalue weighted by atomic mass is 35.5. The summed E-state index contributed by atoms with van der Waals surface area (Å²) in [6.45, 7) is 0.753. The molecular formula is C19H25ClN2O. The molecule has 0 heterocycles. The van der Waals surface area contributed by atoms with E-state index < -0.39 is 0 Å². The van der Waals surface area contributed by atoms with Crippen molar-refractivity contribution in [2.24, 2.45) is 0 Å². The molecule has 0 saturated heterocycles. The molecule has 0 unspecified atom stereocenters. The second kappa shape index (κ2) is 10.7. The minimum atomic E-state index is 0. The van der Waals surface area contributed by atoms with Crippen LogP contribution in [0, 0.1) is 0 Å². The van der Waals surface area contributed by atoms with Crippen LogP contribution in [0.4, 0.5) is 5.69 Å². The van der Waals surface area contributed by atoms with Gasteiger partial charge in [0.25, 0.3) is 0 Å². The molecule has 0 aliphatic heterocycles. The van der Waals surface area contributed by atoms with Crippen LogP contribution in [0.5, 0.6) is 0 Å². The van der Waals surface area contributed by atoms with Crippen LogP contribution >= 0.6 is 12.4 Å². The van der Waals surface area contributed by atoms with E-state index in [4.69, 9.17) is 5.73 Å². The van der Waals surface area contributed by atoms with E-state index >= 15 is 0 Å². The van der Waals surface area contributed by atoms with Gasteiger partial charge < -0.3 is 11.1 Å². The molecule has 0 radical (unpaired) electrons. The molecule has 0 aliphatic rings. The Morgan fingerprint density at radius 1 is 0.870 bits per heavy atom. The first kappa shape index (κ1) is 19.0. The third kappa shape index (κ3) is 7.71. The topological polar surface area (TPSA) is 55.1 Å². The lowest BCUT2D eigenvalue weighted by atomic mass is 10.1. The van der Waals surface area contributed by atoms with Crippen LogP contribution in [-0.4, -0.2) is 12.5 Å². The van der Waals surface area contributed by atoms with Crippen LogP contribution in [0.3, 0.4) is 0 Å². The molecule has 3 N–H and O–H groups in total. The Hall–Kier alpha value is -2.00. The molecular weight excluding hydrogens is 308 g/mol. The van der Waals surface area contributed by atoms with Crippen molar-refractivity contribution in [1.82, 2.24) is 5.32 Å². The Morgan fingerprint density at radius 2 is 1.57 bits per heavy atom. The van der Waals surface area contributed by atoms with Gasteiger partial charge in [-0.2, -0.15) is 0 Å². The standard InChI is InChI=1S/C19H24N2O.ClH/c20-18-12-10-17(11-13-18)15-19(22)21-14-6-2-5-9-16-7-3-1-4-8-16;/h1,3-4,7-8,10-13H,2,5-6,9,14-15,20H2,(H,21,22);1H. The number of nitrogens with one attached hydrogen (secondary N) is 1. The van der Waals surface area contributed by atoms with E-state index in [0.29, 0.717) is 6.42 Å². The summed E-state index contributed by atoms with van der Waals surface area (Å²) in [5.41, 5.74) is 8.73. The summed E-state index contributed by atoms with van der Waals surface area (Å²) >= 11 is 0. The van der Waals surface area contributed by atoms with Gasteiger partial charge in [0.05, 0.1) is 6.42 Å². The molecule has 2 aromatic carbocycles. The zero-order valence-corrected chi connectivity index (χ0v) is 14.1. The van der Waals surface area contributed by atoms with E-state index in [1.807, 2.05) is 30.3 Å². The Bertz CT molecular complexity index is 570. The van der Waals surface area contributed by atoms with Gasteiger partial charge in [-0.1, -0.05) is 48.9 Å². The van der Waals surface area contributed by atoms with Crippen molar-refractivity contribution in [2.75, 3.05) is 12.3 Å². The van der Waals surface area contributed by atoms with E-state index in [1.165, 1.54) is 5.56 Å². The number of rotatable bonds is 8. The predicted octanol–water partition coefficient (Wildman–Crippen LogP) is 3.76. The fourth-order valence-electron chi connectivity index (χ4n) is 2.39. The second-order valence-electron chi connectivity index (χ2n) is 5.56. The van der Waals surface area contributed by atoms with Crippen LogP contribution in [0.25, 0.3) is 0 Å². The molecule has 2 rings (SSSR count). The lowest BCUT2D eigenvalue weighted by Gasteiger charge is -2.06. The van der Waals surface area contributed by atoms with Crippen molar-refractivity contribution in [3.63, 3.8) is 0 Å². The fourth-order valence-corrected chi connectivity index (χ4v) is 2.39. The number of unbranched alkanes of at least 4 members (excludes halogenated alkanes) is 2. The molecule has 0 saturated carbocycles. The van der Waals surface area contributed by atoms with Gasteiger partial charge in [0.1, 0.15) is 0 Å². The number of carbonyl (C=O) groups is 1. The quantitative estimate of drug-likeness (QED) is 0.571. The Labute approximate surface area is 144 Å². The number of amides is 1. The van der Waals surface area contributed by atoms with Crippen LogP contribution in [0.1, 0.15) is 30.4 Å². The van der Waals surface area contributed by atoms with Gasteiger partial charge in [0.15, 0.2) is 0 Å². The Kier molecular flexibility index (Phi) is 8.85. The number of aryl methyl sites for hydroxylation is 1. The van der Waals surface area contributed by atoms with Crippen molar-refractivity contribution < 1.29 is 4.79 Å². The van der Waals surface area contributed by atoms with Crippen LogP contribution in [-0.2, 0) is 17.6 Å². The molecule has 0 bridgehead atoms. The molecule has 0 aliphatic carbocycles. The van der Waals surface area contributed by atoms with Crippen molar-refractivity contribution in [3.05, 3.63) is 65.7 Å². The third-order valence-electron chi connectivity index (χ3n) is 3.65. The molecule has 0 spiro atoms. The van der Waals surface area contributed by atoms with Gasteiger partial charge in [0, 0.05) is 12.2 Å². The molecule has 2 aromatic rings. The summed E-state index contributed by atoms with van der Waals surface area (Å²) in [5.74, 6) is 0.0767. The number of nitrogen functional groups attached to an aromatic ring is 1. The van der Waals surface area contributed by atoms with E-state index in [1.54, 1.807) is 0 Å². The molecule has 0 fully saturated rings. The number of benzene rings is 2. The fraction of sp³-hybridized carbons (Fsp3) is 0.316. The summed E-state index contributed by atoms with van der Waals surface area (Å²) < 4.78 is 0. The maximum absolute atomic E-state index is 11.8. The number of anilines is 1. The minimum absolute atomic E-state index is 0. The van der Waals surface area contributed by atoms with Gasteiger partial charge in [-0.25, -0.2) is 0 Å².